The van der Waals surface area contributed by atoms with Crippen LogP contribution in [0.5, 0.6) is 5.75 Å². The van der Waals surface area contributed by atoms with Gasteiger partial charge in [0, 0.05) is 32.3 Å². The van der Waals surface area contributed by atoms with Crippen molar-refractivity contribution in [3.05, 3.63) is 50.6 Å². The fourth-order valence-corrected chi connectivity index (χ4v) is 3.90. The first-order valence-corrected chi connectivity index (χ1v) is 7.61. The number of fused-ring (bicyclic) bond motifs is 1. The number of halogens is 1. The highest BCUT2D eigenvalue weighted by Crippen LogP contribution is 2.36. The number of ether oxygens (including phenoxy) is 1. The van der Waals surface area contributed by atoms with Crippen LogP contribution in [0.4, 0.5) is 0 Å². The van der Waals surface area contributed by atoms with Gasteiger partial charge >= 0.3 is 0 Å². The highest BCUT2D eigenvalue weighted by molar-refractivity contribution is 9.10. The average Bonchev–Trinajstić information content (AvgIpc) is 2.95. The van der Waals surface area contributed by atoms with Crippen LogP contribution >= 0.6 is 27.3 Å². The molecule has 2 unspecified atom stereocenters. The van der Waals surface area contributed by atoms with Gasteiger partial charge < -0.3 is 10.5 Å². The van der Waals surface area contributed by atoms with Gasteiger partial charge in [0.05, 0.1) is 6.61 Å². The summed E-state index contributed by atoms with van der Waals surface area (Å²) in [5.41, 5.74) is 7.60. The van der Waals surface area contributed by atoms with Gasteiger partial charge in [-0.15, -0.1) is 11.3 Å². The molecule has 0 fully saturated rings. The van der Waals surface area contributed by atoms with Crippen molar-refractivity contribution in [1.29, 1.82) is 0 Å². The zero-order chi connectivity index (χ0) is 12.5. The van der Waals surface area contributed by atoms with Gasteiger partial charge in [0.2, 0.25) is 0 Å². The molecule has 2 atom stereocenters. The SMILES string of the molecule is NC(Cc1cc(Br)cs1)C1COc2ccccc21. The molecule has 0 saturated carbocycles. The number of nitrogens with two attached hydrogens (primary N) is 1. The van der Waals surface area contributed by atoms with Crippen LogP contribution in [0.15, 0.2) is 40.2 Å². The third-order valence-electron chi connectivity index (χ3n) is 3.31. The van der Waals surface area contributed by atoms with E-state index >= 15 is 0 Å². The molecule has 0 bridgehead atoms. The predicted molar refractivity (Wildman–Crippen MR) is 78.4 cm³/mol. The third kappa shape index (κ3) is 2.32. The number of thiophene rings is 1. The molecule has 0 aliphatic carbocycles. The Hall–Kier alpha value is -0.840. The van der Waals surface area contributed by atoms with E-state index in [1.807, 2.05) is 12.1 Å². The first-order valence-electron chi connectivity index (χ1n) is 5.94. The molecule has 0 radical (unpaired) electrons. The summed E-state index contributed by atoms with van der Waals surface area (Å²) in [7, 11) is 0. The molecule has 3 rings (SSSR count). The summed E-state index contributed by atoms with van der Waals surface area (Å²) >= 11 is 5.23. The van der Waals surface area contributed by atoms with Crippen molar-refractivity contribution in [2.75, 3.05) is 6.61 Å². The van der Waals surface area contributed by atoms with Crippen LogP contribution in [-0.2, 0) is 6.42 Å². The summed E-state index contributed by atoms with van der Waals surface area (Å²) < 4.78 is 6.83. The Morgan fingerprint density at radius 1 is 1.44 bits per heavy atom. The monoisotopic (exact) mass is 323 g/mol. The highest BCUT2D eigenvalue weighted by Gasteiger charge is 2.29. The Kier molecular flexibility index (Phi) is 3.41. The van der Waals surface area contributed by atoms with Crippen molar-refractivity contribution >= 4 is 27.3 Å². The molecule has 18 heavy (non-hydrogen) atoms. The second kappa shape index (κ2) is 5.03. The Balaban J connectivity index is 1.76. The highest BCUT2D eigenvalue weighted by atomic mass is 79.9. The van der Waals surface area contributed by atoms with E-state index in [-0.39, 0.29) is 6.04 Å². The normalized spacial score (nSPS) is 19.3. The molecule has 2 N–H and O–H groups in total. The lowest BCUT2D eigenvalue weighted by atomic mass is 9.91. The molecule has 1 aromatic heterocycles. The summed E-state index contributed by atoms with van der Waals surface area (Å²) in [5.74, 6) is 1.30. The van der Waals surface area contributed by atoms with Crippen molar-refractivity contribution in [3.8, 4) is 5.75 Å². The van der Waals surface area contributed by atoms with Gasteiger partial charge in [-0.2, -0.15) is 0 Å². The van der Waals surface area contributed by atoms with E-state index in [0.717, 1.165) is 16.6 Å². The fourth-order valence-electron chi connectivity index (χ4n) is 2.38. The second-order valence-corrected chi connectivity index (χ2v) is 6.47. The quantitative estimate of drug-likeness (QED) is 0.937. The predicted octanol–water partition coefficient (Wildman–Crippen LogP) is 3.56. The second-order valence-electron chi connectivity index (χ2n) is 4.55. The van der Waals surface area contributed by atoms with Crippen LogP contribution in [0.25, 0.3) is 0 Å². The molecule has 2 aromatic rings. The average molecular weight is 324 g/mol. The fraction of sp³-hybridized carbons (Fsp3) is 0.286. The standard InChI is InChI=1S/C14H14BrNOS/c15-9-5-10(18-8-9)6-13(16)12-7-17-14-4-2-1-3-11(12)14/h1-5,8,12-13H,6-7,16H2. The minimum atomic E-state index is 0.110. The molecule has 2 nitrogen and oxygen atoms in total. The number of para-hydroxylation sites is 1. The first kappa shape index (κ1) is 12.2. The minimum absolute atomic E-state index is 0.110. The van der Waals surface area contributed by atoms with Crippen molar-refractivity contribution in [2.45, 2.75) is 18.4 Å². The molecule has 0 amide bonds. The summed E-state index contributed by atoms with van der Waals surface area (Å²) in [6, 6.07) is 10.4. The van der Waals surface area contributed by atoms with Gasteiger partial charge in [-0.3, -0.25) is 0 Å². The summed E-state index contributed by atoms with van der Waals surface area (Å²) in [4.78, 5) is 1.32. The van der Waals surface area contributed by atoms with Crippen molar-refractivity contribution < 1.29 is 4.74 Å². The van der Waals surface area contributed by atoms with Crippen LogP contribution in [0.3, 0.4) is 0 Å². The van der Waals surface area contributed by atoms with Crippen LogP contribution in [0, 0.1) is 0 Å². The number of benzene rings is 1. The lowest BCUT2D eigenvalue weighted by Gasteiger charge is -2.17. The minimum Gasteiger partial charge on any atom is -0.493 e. The molecule has 94 valence electrons. The van der Waals surface area contributed by atoms with E-state index in [2.05, 4.69) is 39.5 Å². The van der Waals surface area contributed by atoms with Crippen LogP contribution in [-0.4, -0.2) is 12.6 Å². The summed E-state index contributed by atoms with van der Waals surface area (Å²) in [6.45, 7) is 0.701. The molecule has 0 saturated heterocycles. The van der Waals surface area contributed by atoms with E-state index in [1.54, 1.807) is 11.3 Å². The molecule has 0 spiro atoms. The lowest BCUT2D eigenvalue weighted by molar-refractivity contribution is 0.313. The van der Waals surface area contributed by atoms with Gasteiger partial charge in [-0.25, -0.2) is 0 Å². The van der Waals surface area contributed by atoms with Crippen LogP contribution in [0.2, 0.25) is 0 Å². The summed E-state index contributed by atoms with van der Waals surface area (Å²) in [6.07, 6.45) is 0.901. The van der Waals surface area contributed by atoms with E-state index in [1.165, 1.54) is 10.4 Å². The Labute approximate surface area is 119 Å². The van der Waals surface area contributed by atoms with E-state index < -0.39 is 0 Å². The van der Waals surface area contributed by atoms with Crippen molar-refractivity contribution in [2.24, 2.45) is 5.73 Å². The topological polar surface area (TPSA) is 35.2 Å². The van der Waals surface area contributed by atoms with Crippen molar-refractivity contribution in [3.63, 3.8) is 0 Å². The van der Waals surface area contributed by atoms with Crippen LogP contribution in [0.1, 0.15) is 16.4 Å². The van der Waals surface area contributed by atoms with Gasteiger partial charge in [-0.1, -0.05) is 18.2 Å². The lowest BCUT2D eigenvalue weighted by Crippen LogP contribution is -2.31. The molecule has 1 aromatic carbocycles. The molecule has 1 aliphatic heterocycles. The maximum absolute atomic E-state index is 6.35. The Morgan fingerprint density at radius 3 is 3.06 bits per heavy atom. The third-order valence-corrected chi connectivity index (χ3v) is 5.03. The Bertz CT molecular complexity index is 554. The van der Waals surface area contributed by atoms with E-state index in [9.17, 15) is 0 Å². The largest absolute Gasteiger partial charge is 0.493 e. The zero-order valence-electron chi connectivity index (χ0n) is 9.80. The first-order chi connectivity index (χ1) is 8.74. The molecule has 2 heterocycles. The summed E-state index contributed by atoms with van der Waals surface area (Å²) in [5, 5.41) is 2.10. The number of rotatable bonds is 3. The number of hydrogen-bond acceptors (Lipinski definition) is 3. The van der Waals surface area contributed by atoms with Crippen molar-refractivity contribution in [1.82, 2.24) is 0 Å². The molecule has 1 aliphatic rings. The smallest absolute Gasteiger partial charge is 0.122 e. The maximum Gasteiger partial charge on any atom is 0.122 e. The van der Waals surface area contributed by atoms with Gasteiger partial charge in [0.1, 0.15) is 5.75 Å². The van der Waals surface area contributed by atoms with Gasteiger partial charge in [0.25, 0.3) is 0 Å². The van der Waals surface area contributed by atoms with E-state index in [4.69, 9.17) is 10.5 Å². The number of hydrogen-bond donors (Lipinski definition) is 1. The molecular formula is C14H14BrNOS. The van der Waals surface area contributed by atoms with E-state index in [0.29, 0.717) is 12.5 Å². The molecular weight excluding hydrogens is 310 g/mol. The van der Waals surface area contributed by atoms with Gasteiger partial charge in [0.15, 0.2) is 0 Å². The molecule has 4 heteroatoms. The van der Waals surface area contributed by atoms with Crippen LogP contribution < -0.4 is 10.5 Å². The maximum atomic E-state index is 6.35. The van der Waals surface area contributed by atoms with Gasteiger partial charge in [-0.05, 0) is 34.5 Å². The Morgan fingerprint density at radius 2 is 2.28 bits per heavy atom. The zero-order valence-corrected chi connectivity index (χ0v) is 12.2.